The molecule has 0 aliphatic rings. The van der Waals surface area contributed by atoms with Crippen LogP contribution >= 0.6 is 0 Å². The second kappa shape index (κ2) is 4.29. The van der Waals surface area contributed by atoms with Gasteiger partial charge in [-0.2, -0.15) is 0 Å². The minimum atomic E-state index is 0.752. The Kier molecular flexibility index (Phi) is 4.54. The summed E-state index contributed by atoms with van der Waals surface area (Å²) in [6.07, 6.45) is 0.752. The molecular formula is C3H5NSn. The van der Waals surface area contributed by atoms with Crippen LogP contribution in [0.25, 0.3) is 0 Å². The van der Waals surface area contributed by atoms with Crippen molar-refractivity contribution in [2.24, 2.45) is 0 Å². The molecule has 0 bridgehead atoms. The van der Waals surface area contributed by atoms with Gasteiger partial charge in [0, 0.05) is 0 Å². The van der Waals surface area contributed by atoms with Crippen molar-refractivity contribution in [2.75, 3.05) is 0 Å². The summed E-state index contributed by atoms with van der Waals surface area (Å²) >= 11 is 1.23. The molecule has 0 aromatic heterocycles. The molecule has 1 nitrogen and oxygen atoms in total. The maximum atomic E-state index is 7.84. The van der Waals surface area contributed by atoms with Crippen LogP contribution in [-0.2, 0) is 0 Å². The van der Waals surface area contributed by atoms with E-state index in [1.54, 1.807) is 0 Å². The van der Waals surface area contributed by atoms with E-state index in [9.17, 15) is 0 Å². The molecule has 0 unspecified atom stereocenters. The van der Waals surface area contributed by atoms with Gasteiger partial charge in [0.1, 0.15) is 0 Å². The molecule has 0 fully saturated rings. The number of hydrogen-bond donors (Lipinski definition) is 0. The Morgan fingerprint density at radius 2 is 2.40 bits per heavy atom. The third kappa shape index (κ3) is 4.29. The van der Waals surface area contributed by atoms with Crippen LogP contribution in [0.2, 0.25) is 4.44 Å². The van der Waals surface area contributed by atoms with Gasteiger partial charge in [-0.15, -0.1) is 0 Å². The van der Waals surface area contributed by atoms with E-state index in [-0.39, 0.29) is 0 Å². The van der Waals surface area contributed by atoms with Gasteiger partial charge in [-0.05, 0) is 0 Å². The molecular weight excluding hydrogens is 169 g/mol. The topological polar surface area (TPSA) is 23.8 Å². The van der Waals surface area contributed by atoms with E-state index in [1.807, 2.05) is 6.07 Å². The summed E-state index contributed by atoms with van der Waals surface area (Å²) in [5.74, 6) is 0. The van der Waals surface area contributed by atoms with Crippen molar-refractivity contribution in [3.63, 3.8) is 0 Å². The standard InChI is InChI=1S/C3H4N.Sn.H/c1-2-3-4;;/h1-2H2;;. The first-order chi connectivity index (χ1) is 2.41. The zero-order valence-electron chi connectivity index (χ0n) is 2.94. The van der Waals surface area contributed by atoms with Crippen LogP contribution < -0.4 is 0 Å². The van der Waals surface area contributed by atoms with E-state index in [2.05, 4.69) is 0 Å². The van der Waals surface area contributed by atoms with E-state index >= 15 is 0 Å². The first-order valence-electron chi connectivity index (χ1n) is 1.49. The molecule has 0 saturated carbocycles. The average molecular weight is 174 g/mol. The normalized spacial score (nSPS) is 6.40. The third-order valence-electron chi connectivity index (χ3n) is 0.256. The van der Waals surface area contributed by atoms with Crippen LogP contribution in [0, 0.1) is 11.3 Å². The Morgan fingerprint density at radius 1 is 1.80 bits per heavy atom. The molecule has 2 radical (unpaired) electrons. The molecule has 0 aromatic carbocycles. The second-order valence-corrected chi connectivity index (χ2v) is 2.34. The van der Waals surface area contributed by atoms with E-state index < -0.39 is 0 Å². The van der Waals surface area contributed by atoms with E-state index in [0.717, 1.165) is 10.9 Å². The fraction of sp³-hybridized carbons (Fsp3) is 0.667. The zero-order chi connectivity index (χ0) is 4.12. The van der Waals surface area contributed by atoms with Gasteiger partial charge < -0.3 is 0 Å². The summed E-state index contributed by atoms with van der Waals surface area (Å²) in [4.78, 5) is 0. The number of rotatable bonds is 1. The molecule has 5 heavy (non-hydrogen) atoms. The van der Waals surface area contributed by atoms with Gasteiger partial charge in [0.2, 0.25) is 0 Å². The molecule has 0 atom stereocenters. The molecule has 0 N–H and O–H groups in total. The van der Waals surface area contributed by atoms with Gasteiger partial charge in [0.25, 0.3) is 0 Å². The van der Waals surface area contributed by atoms with Crippen LogP contribution in [0.15, 0.2) is 0 Å². The SMILES string of the molecule is N#CC[CH2][SnH]. The molecule has 0 amide bonds. The minimum absolute atomic E-state index is 0.752. The first-order valence-corrected chi connectivity index (χ1v) is 3.82. The molecule has 0 saturated heterocycles. The molecule has 2 heteroatoms. The summed E-state index contributed by atoms with van der Waals surface area (Å²) in [7, 11) is 0. The van der Waals surface area contributed by atoms with Crippen molar-refractivity contribution < 1.29 is 0 Å². The van der Waals surface area contributed by atoms with Gasteiger partial charge in [-0.25, -0.2) is 0 Å². The number of nitriles is 1. The number of hydrogen-bond acceptors (Lipinski definition) is 1. The van der Waals surface area contributed by atoms with Crippen LogP contribution in [0.4, 0.5) is 0 Å². The fourth-order valence-corrected chi connectivity index (χ4v) is 0.433. The molecule has 0 spiro atoms. The predicted molar refractivity (Wildman–Crippen MR) is 22.2 cm³/mol. The van der Waals surface area contributed by atoms with Gasteiger partial charge >= 0.3 is 44.7 Å². The Balaban J connectivity index is 2.48. The summed E-state index contributed by atoms with van der Waals surface area (Å²) in [6.45, 7) is 0. The Morgan fingerprint density at radius 3 is 2.40 bits per heavy atom. The van der Waals surface area contributed by atoms with Gasteiger partial charge in [0.05, 0.1) is 0 Å². The molecule has 0 heterocycles. The molecule has 26 valence electrons. The molecule has 0 aliphatic heterocycles. The van der Waals surface area contributed by atoms with Crippen molar-refractivity contribution in [3.05, 3.63) is 0 Å². The average Bonchev–Trinajstić information content (AvgIpc) is 1.41. The van der Waals surface area contributed by atoms with Crippen LogP contribution in [0.5, 0.6) is 0 Å². The van der Waals surface area contributed by atoms with Crippen molar-refractivity contribution in [3.8, 4) is 6.07 Å². The summed E-state index contributed by atoms with van der Waals surface area (Å²) in [5.41, 5.74) is 0. The van der Waals surface area contributed by atoms with E-state index in [0.29, 0.717) is 0 Å². The van der Waals surface area contributed by atoms with Crippen molar-refractivity contribution in [1.29, 1.82) is 5.26 Å². The Bertz CT molecular complexity index is 45.3. The van der Waals surface area contributed by atoms with Gasteiger partial charge in [0.15, 0.2) is 0 Å². The summed E-state index contributed by atoms with van der Waals surface area (Å²) in [5, 5.41) is 7.84. The second-order valence-electron chi connectivity index (χ2n) is 0.697. The first kappa shape index (κ1) is 5.29. The maximum absolute atomic E-state index is 7.84. The Labute approximate surface area is 45.1 Å². The molecule has 0 aliphatic carbocycles. The van der Waals surface area contributed by atoms with Crippen molar-refractivity contribution in [1.82, 2.24) is 0 Å². The van der Waals surface area contributed by atoms with E-state index in [4.69, 9.17) is 5.26 Å². The van der Waals surface area contributed by atoms with Crippen molar-refractivity contribution in [2.45, 2.75) is 10.9 Å². The third-order valence-corrected chi connectivity index (χ3v) is 1.08. The van der Waals surface area contributed by atoms with Crippen LogP contribution in [-0.4, -0.2) is 22.5 Å². The fourth-order valence-electron chi connectivity index (χ4n) is 0.0645. The Hall–Kier alpha value is 0.289. The molecule has 0 aromatic rings. The van der Waals surface area contributed by atoms with E-state index in [1.165, 1.54) is 22.5 Å². The van der Waals surface area contributed by atoms with Gasteiger partial charge in [-0.1, -0.05) is 0 Å². The summed E-state index contributed by atoms with van der Waals surface area (Å²) < 4.78 is 1.11. The zero-order valence-corrected chi connectivity index (χ0v) is 6.23. The van der Waals surface area contributed by atoms with Crippen LogP contribution in [0.3, 0.4) is 0 Å². The predicted octanol–water partition coefficient (Wildman–Crippen LogP) is 0.219. The van der Waals surface area contributed by atoms with Crippen molar-refractivity contribution >= 4 is 22.5 Å². The molecule has 0 rings (SSSR count). The monoisotopic (exact) mass is 175 g/mol. The van der Waals surface area contributed by atoms with Gasteiger partial charge in [-0.3, -0.25) is 0 Å². The quantitative estimate of drug-likeness (QED) is 0.521. The summed E-state index contributed by atoms with van der Waals surface area (Å²) in [6, 6.07) is 2.05. The van der Waals surface area contributed by atoms with Crippen LogP contribution in [0.1, 0.15) is 6.42 Å². The number of nitrogens with zero attached hydrogens (tertiary/aromatic N) is 1.